The van der Waals surface area contributed by atoms with Crippen molar-refractivity contribution in [2.75, 3.05) is 6.54 Å². The monoisotopic (exact) mass is 496 g/mol. The predicted molar refractivity (Wildman–Crippen MR) is 125 cm³/mol. The van der Waals surface area contributed by atoms with E-state index in [0.29, 0.717) is 25.1 Å². The Morgan fingerprint density at radius 2 is 1.69 bits per heavy atom. The van der Waals surface area contributed by atoms with Crippen LogP contribution in [0.1, 0.15) is 45.2 Å². The average molecular weight is 497 g/mol. The molecule has 1 heterocycles. The van der Waals surface area contributed by atoms with Crippen molar-refractivity contribution in [2.24, 2.45) is 23.1 Å². The number of aromatic nitrogens is 2. The number of rotatable bonds is 16. The number of imidazole rings is 1. The van der Waals surface area contributed by atoms with E-state index in [-0.39, 0.29) is 18.8 Å². The molecule has 196 valence electrons. The first-order chi connectivity index (χ1) is 16.5. The summed E-state index contributed by atoms with van der Waals surface area (Å²) in [5.74, 6) is -4.71. The number of carboxylic acids is 1. The van der Waals surface area contributed by atoms with Gasteiger partial charge in [0.2, 0.25) is 23.6 Å². The molecule has 4 unspecified atom stereocenters. The Bertz CT molecular complexity index is 860. The van der Waals surface area contributed by atoms with Gasteiger partial charge in [-0.15, -0.1) is 0 Å². The van der Waals surface area contributed by atoms with Crippen molar-refractivity contribution in [2.45, 2.75) is 70.1 Å². The highest BCUT2D eigenvalue weighted by molar-refractivity contribution is 5.95. The highest BCUT2D eigenvalue weighted by Crippen LogP contribution is 2.08. The van der Waals surface area contributed by atoms with E-state index in [4.69, 9.17) is 17.2 Å². The number of H-pyrrole nitrogens is 1. The molecule has 1 aromatic heterocycles. The second kappa shape index (κ2) is 14.7. The highest BCUT2D eigenvalue weighted by atomic mass is 16.4. The molecule has 0 aliphatic heterocycles. The van der Waals surface area contributed by atoms with Crippen LogP contribution in [0.4, 0.5) is 0 Å². The molecule has 1 aromatic rings. The molecule has 0 spiro atoms. The van der Waals surface area contributed by atoms with E-state index in [1.807, 2.05) is 0 Å². The molecule has 0 fully saturated rings. The number of aliphatic carboxylic acids is 1. The van der Waals surface area contributed by atoms with Crippen LogP contribution in [-0.4, -0.2) is 75.4 Å². The van der Waals surface area contributed by atoms with E-state index in [1.165, 1.54) is 12.5 Å². The van der Waals surface area contributed by atoms with E-state index in [9.17, 15) is 29.1 Å². The molecule has 0 aliphatic carbocycles. The van der Waals surface area contributed by atoms with Gasteiger partial charge in [0.05, 0.1) is 18.8 Å². The Labute approximate surface area is 203 Å². The van der Waals surface area contributed by atoms with Crippen LogP contribution in [0.5, 0.6) is 0 Å². The second-order valence-corrected chi connectivity index (χ2v) is 8.53. The Balaban J connectivity index is 2.91. The van der Waals surface area contributed by atoms with Gasteiger partial charge in [0, 0.05) is 18.3 Å². The predicted octanol–water partition coefficient (Wildman–Crippen LogP) is -2.52. The Kier molecular flexibility index (Phi) is 12.4. The average Bonchev–Trinajstić information content (AvgIpc) is 3.28. The van der Waals surface area contributed by atoms with Gasteiger partial charge >= 0.3 is 5.97 Å². The van der Waals surface area contributed by atoms with Gasteiger partial charge < -0.3 is 43.2 Å². The topological polar surface area (TPSA) is 248 Å². The second-order valence-electron chi connectivity index (χ2n) is 8.53. The number of carbonyl (C=O) groups excluding carboxylic acids is 4. The third kappa shape index (κ3) is 10.5. The number of nitrogens with two attached hydrogens (primary N) is 3. The maximum absolute atomic E-state index is 13.0. The van der Waals surface area contributed by atoms with Crippen LogP contribution in [0.15, 0.2) is 12.5 Å². The standard InChI is InChI=1S/C21H36N8O6/c1-11(2)17(29-18(31)13(23)7-12-9-25-10-26-12)20(33)27-14(5-3-4-6-22)19(32)28-15(21(34)35)8-16(24)30/h9-11,13-15,17H,3-8,22-23H2,1-2H3,(H2,24,30)(H,25,26)(H,27,33)(H,28,32)(H,29,31)(H,34,35). The van der Waals surface area contributed by atoms with Gasteiger partial charge in [0.25, 0.3) is 0 Å². The van der Waals surface area contributed by atoms with E-state index in [2.05, 4.69) is 25.9 Å². The molecule has 35 heavy (non-hydrogen) atoms. The highest BCUT2D eigenvalue weighted by Gasteiger charge is 2.32. The Morgan fingerprint density at radius 1 is 1.03 bits per heavy atom. The molecule has 0 saturated heterocycles. The third-order valence-corrected chi connectivity index (χ3v) is 5.18. The number of unbranched alkanes of at least 4 members (excludes halogenated alkanes) is 1. The fourth-order valence-electron chi connectivity index (χ4n) is 3.22. The summed E-state index contributed by atoms with van der Waals surface area (Å²) in [6.45, 7) is 3.78. The molecule has 0 radical (unpaired) electrons. The zero-order chi connectivity index (χ0) is 26.5. The molecular formula is C21H36N8O6. The lowest BCUT2D eigenvalue weighted by Crippen LogP contribution is -2.58. The van der Waals surface area contributed by atoms with Crippen LogP contribution in [0.3, 0.4) is 0 Å². The first-order valence-corrected chi connectivity index (χ1v) is 11.3. The van der Waals surface area contributed by atoms with Crippen molar-refractivity contribution in [3.8, 4) is 0 Å². The molecule has 4 amide bonds. The van der Waals surface area contributed by atoms with Crippen molar-refractivity contribution in [1.82, 2.24) is 25.9 Å². The summed E-state index contributed by atoms with van der Waals surface area (Å²) in [7, 11) is 0. The normalized spacial score (nSPS) is 14.4. The summed E-state index contributed by atoms with van der Waals surface area (Å²) in [4.78, 5) is 67.6. The molecule has 14 heteroatoms. The molecule has 11 N–H and O–H groups in total. The van der Waals surface area contributed by atoms with Gasteiger partial charge in [0.1, 0.15) is 18.1 Å². The van der Waals surface area contributed by atoms with Gasteiger partial charge in [0.15, 0.2) is 0 Å². The smallest absolute Gasteiger partial charge is 0.326 e. The minimum Gasteiger partial charge on any atom is -0.480 e. The van der Waals surface area contributed by atoms with E-state index >= 15 is 0 Å². The molecule has 0 bridgehead atoms. The van der Waals surface area contributed by atoms with Crippen molar-refractivity contribution >= 4 is 29.6 Å². The van der Waals surface area contributed by atoms with Gasteiger partial charge in [-0.1, -0.05) is 13.8 Å². The first kappa shape index (κ1) is 29.5. The van der Waals surface area contributed by atoms with Crippen molar-refractivity contribution in [1.29, 1.82) is 0 Å². The number of carbonyl (C=O) groups is 5. The van der Waals surface area contributed by atoms with E-state index < -0.39 is 60.2 Å². The minimum absolute atomic E-state index is 0.162. The van der Waals surface area contributed by atoms with Crippen LogP contribution in [0, 0.1) is 5.92 Å². The number of hydrogen-bond acceptors (Lipinski definition) is 8. The lowest BCUT2D eigenvalue weighted by molar-refractivity contribution is -0.143. The van der Waals surface area contributed by atoms with Crippen LogP contribution in [0.25, 0.3) is 0 Å². The fourth-order valence-corrected chi connectivity index (χ4v) is 3.22. The van der Waals surface area contributed by atoms with Gasteiger partial charge in [-0.05, 0) is 31.7 Å². The van der Waals surface area contributed by atoms with E-state index in [1.54, 1.807) is 13.8 Å². The summed E-state index contributed by atoms with van der Waals surface area (Å²) in [6, 6.07) is -4.63. The zero-order valence-corrected chi connectivity index (χ0v) is 20.0. The number of nitrogens with one attached hydrogen (secondary N) is 4. The fraction of sp³-hybridized carbons (Fsp3) is 0.619. The Hall–Kier alpha value is -3.52. The molecule has 0 aromatic carbocycles. The molecule has 1 rings (SSSR count). The van der Waals surface area contributed by atoms with Crippen LogP contribution in [0.2, 0.25) is 0 Å². The first-order valence-electron chi connectivity index (χ1n) is 11.3. The largest absolute Gasteiger partial charge is 0.480 e. The number of hydrogen-bond donors (Lipinski definition) is 8. The Morgan fingerprint density at radius 3 is 2.20 bits per heavy atom. The van der Waals surface area contributed by atoms with Crippen molar-refractivity contribution in [3.63, 3.8) is 0 Å². The van der Waals surface area contributed by atoms with Gasteiger partial charge in [-0.25, -0.2) is 9.78 Å². The molecular weight excluding hydrogens is 460 g/mol. The van der Waals surface area contributed by atoms with Crippen LogP contribution >= 0.6 is 0 Å². The quantitative estimate of drug-likeness (QED) is 0.112. The van der Waals surface area contributed by atoms with E-state index in [0.717, 1.165) is 0 Å². The number of aromatic amines is 1. The summed E-state index contributed by atoms with van der Waals surface area (Å²) in [5, 5.41) is 16.7. The van der Waals surface area contributed by atoms with Crippen molar-refractivity contribution in [3.05, 3.63) is 18.2 Å². The van der Waals surface area contributed by atoms with Crippen molar-refractivity contribution < 1.29 is 29.1 Å². The number of carboxylic acid groups (broad SMARTS) is 1. The molecule has 0 saturated carbocycles. The third-order valence-electron chi connectivity index (χ3n) is 5.18. The number of nitrogens with zero attached hydrogens (tertiary/aromatic N) is 1. The maximum Gasteiger partial charge on any atom is 0.326 e. The summed E-state index contributed by atoms with van der Waals surface area (Å²) in [6.07, 6.45) is 3.76. The lowest BCUT2D eigenvalue weighted by Gasteiger charge is -2.27. The molecule has 0 aliphatic rings. The lowest BCUT2D eigenvalue weighted by atomic mass is 10.0. The molecule has 14 nitrogen and oxygen atoms in total. The summed E-state index contributed by atoms with van der Waals surface area (Å²) < 4.78 is 0. The zero-order valence-electron chi connectivity index (χ0n) is 20.0. The number of primary amides is 1. The maximum atomic E-state index is 13.0. The minimum atomic E-state index is -1.55. The van der Waals surface area contributed by atoms with Gasteiger partial charge in [-0.2, -0.15) is 0 Å². The number of amides is 4. The summed E-state index contributed by atoms with van der Waals surface area (Å²) >= 11 is 0. The SMILES string of the molecule is CC(C)C(NC(=O)C(N)Cc1cnc[nH]1)C(=O)NC(CCCCN)C(=O)NC(CC(N)=O)C(=O)O. The summed E-state index contributed by atoms with van der Waals surface area (Å²) in [5.41, 5.74) is 17.2. The van der Waals surface area contributed by atoms with Crippen LogP contribution in [-0.2, 0) is 30.4 Å². The van der Waals surface area contributed by atoms with Gasteiger partial charge in [-0.3, -0.25) is 19.2 Å². The van der Waals surface area contributed by atoms with Crippen LogP contribution < -0.4 is 33.2 Å². The molecule has 4 atom stereocenters.